The zero-order valence-electron chi connectivity index (χ0n) is 9.71. The molecule has 0 aromatic carbocycles. The van der Waals surface area contributed by atoms with Gasteiger partial charge in [0, 0.05) is 10.9 Å². The van der Waals surface area contributed by atoms with E-state index in [4.69, 9.17) is 0 Å². The molecule has 4 nitrogen and oxygen atoms in total. The van der Waals surface area contributed by atoms with E-state index in [1.54, 1.807) is 6.92 Å². The molecule has 1 N–H and O–H groups in total. The molecule has 1 amide bonds. The van der Waals surface area contributed by atoms with Crippen LogP contribution in [0.2, 0.25) is 0 Å². The van der Waals surface area contributed by atoms with Crippen LogP contribution in [-0.2, 0) is 0 Å². The monoisotopic (exact) mass is 305 g/mol. The van der Waals surface area contributed by atoms with Crippen LogP contribution in [0.15, 0.2) is 0 Å². The summed E-state index contributed by atoms with van der Waals surface area (Å²) in [5, 5.41) is 7.76. The molecule has 0 saturated carbocycles. The molecule has 0 spiro atoms. The zero-order chi connectivity index (χ0) is 12.2. The predicted octanol–water partition coefficient (Wildman–Crippen LogP) is 2.53. The second-order valence-corrected chi connectivity index (χ2v) is 5.54. The normalized spacial score (nSPS) is 14.5. The maximum absolute atomic E-state index is 12.0. The molecule has 0 fully saturated rings. The number of rotatable bonds is 5. The van der Waals surface area contributed by atoms with Gasteiger partial charge in [0.15, 0.2) is 0 Å². The third-order valence-electron chi connectivity index (χ3n) is 2.70. The van der Waals surface area contributed by atoms with Gasteiger partial charge in [-0.1, -0.05) is 27.3 Å². The molecular weight excluding hydrogens is 290 g/mol. The van der Waals surface area contributed by atoms with Crippen molar-refractivity contribution in [1.29, 1.82) is 0 Å². The molecule has 0 aliphatic carbocycles. The fourth-order valence-electron chi connectivity index (χ4n) is 1.31. The lowest BCUT2D eigenvalue weighted by Gasteiger charge is -2.28. The van der Waals surface area contributed by atoms with E-state index in [2.05, 4.69) is 44.7 Å². The van der Waals surface area contributed by atoms with Crippen molar-refractivity contribution >= 4 is 33.4 Å². The summed E-state index contributed by atoms with van der Waals surface area (Å²) in [7, 11) is 0. The smallest absolute Gasteiger partial charge is 0.265 e. The van der Waals surface area contributed by atoms with Crippen LogP contribution in [0.1, 0.15) is 42.1 Å². The fourth-order valence-corrected chi connectivity index (χ4v) is 2.73. The Labute approximate surface area is 108 Å². The van der Waals surface area contributed by atoms with Crippen LogP contribution in [0, 0.1) is 6.92 Å². The number of halogens is 1. The maximum Gasteiger partial charge on any atom is 0.265 e. The van der Waals surface area contributed by atoms with Gasteiger partial charge < -0.3 is 5.32 Å². The Balaban J connectivity index is 2.73. The van der Waals surface area contributed by atoms with Crippen molar-refractivity contribution in [2.24, 2.45) is 0 Å². The molecule has 1 unspecified atom stereocenters. The van der Waals surface area contributed by atoms with Gasteiger partial charge in [-0.05, 0) is 38.2 Å². The number of nitrogens with zero attached hydrogens (tertiary/aromatic N) is 2. The van der Waals surface area contributed by atoms with Gasteiger partial charge in [-0.3, -0.25) is 4.79 Å². The lowest BCUT2D eigenvalue weighted by Crippen LogP contribution is -2.45. The topological polar surface area (TPSA) is 54.9 Å². The first-order valence-corrected chi connectivity index (χ1v) is 7.09. The number of carbonyl (C=O) groups excluding carboxylic acids is 1. The number of nitrogens with one attached hydrogen (secondary N) is 1. The molecular formula is C10H16BrN3OS. The molecule has 1 heterocycles. The van der Waals surface area contributed by atoms with Crippen molar-refractivity contribution in [1.82, 2.24) is 14.9 Å². The average Bonchev–Trinajstić information content (AvgIpc) is 2.65. The molecule has 90 valence electrons. The van der Waals surface area contributed by atoms with Crippen LogP contribution >= 0.6 is 27.5 Å². The van der Waals surface area contributed by atoms with Gasteiger partial charge in [0.2, 0.25) is 0 Å². The summed E-state index contributed by atoms with van der Waals surface area (Å²) in [5.74, 6) is -0.0715. The quantitative estimate of drug-likeness (QED) is 0.851. The van der Waals surface area contributed by atoms with Crippen LogP contribution in [0.5, 0.6) is 0 Å². The Morgan fingerprint density at radius 3 is 2.75 bits per heavy atom. The summed E-state index contributed by atoms with van der Waals surface area (Å²) in [4.78, 5) is 12.6. The van der Waals surface area contributed by atoms with E-state index in [1.165, 1.54) is 0 Å². The Hall–Kier alpha value is -0.490. The largest absolute Gasteiger partial charge is 0.346 e. The number of aryl methyl sites for hydroxylation is 1. The number of aromatic nitrogens is 2. The van der Waals surface area contributed by atoms with Crippen molar-refractivity contribution in [3.63, 3.8) is 0 Å². The molecule has 0 aliphatic rings. The van der Waals surface area contributed by atoms with Crippen LogP contribution in [-0.4, -0.2) is 26.4 Å². The predicted molar refractivity (Wildman–Crippen MR) is 69.2 cm³/mol. The number of alkyl halides is 1. The summed E-state index contributed by atoms with van der Waals surface area (Å²) in [6.07, 6.45) is 1.80. The summed E-state index contributed by atoms with van der Waals surface area (Å²) >= 11 is 4.55. The minimum atomic E-state index is -0.170. The molecule has 1 aromatic heterocycles. The standard InChI is InChI=1S/C10H16BrN3OS/c1-4-10(3,5-6-11)12-9(15)8-7(2)13-14-16-8/h4-6H2,1-3H3,(H,12,15). The van der Waals surface area contributed by atoms with E-state index in [0.29, 0.717) is 10.6 Å². The third-order valence-corrected chi connectivity index (χ3v) is 3.92. The van der Waals surface area contributed by atoms with Crippen LogP contribution in [0.3, 0.4) is 0 Å². The molecule has 16 heavy (non-hydrogen) atoms. The first-order chi connectivity index (χ1) is 7.52. The van der Waals surface area contributed by atoms with Crippen molar-refractivity contribution < 1.29 is 4.79 Å². The van der Waals surface area contributed by atoms with Crippen molar-refractivity contribution in [2.45, 2.75) is 39.2 Å². The summed E-state index contributed by atoms with van der Waals surface area (Å²) in [6.45, 7) is 5.92. The van der Waals surface area contributed by atoms with E-state index in [-0.39, 0.29) is 11.4 Å². The maximum atomic E-state index is 12.0. The van der Waals surface area contributed by atoms with Crippen molar-refractivity contribution in [3.8, 4) is 0 Å². The van der Waals surface area contributed by atoms with Gasteiger partial charge in [0.25, 0.3) is 5.91 Å². The molecule has 0 aliphatic heterocycles. The molecule has 1 rings (SSSR count). The highest BCUT2D eigenvalue weighted by molar-refractivity contribution is 9.09. The molecule has 0 bridgehead atoms. The molecule has 1 aromatic rings. The zero-order valence-corrected chi connectivity index (χ0v) is 12.1. The molecule has 0 saturated heterocycles. The Morgan fingerprint density at radius 2 is 2.31 bits per heavy atom. The minimum Gasteiger partial charge on any atom is -0.346 e. The van der Waals surface area contributed by atoms with Crippen molar-refractivity contribution in [3.05, 3.63) is 10.6 Å². The second kappa shape index (κ2) is 5.72. The first-order valence-electron chi connectivity index (χ1n) is 5.20. The second-order valence-electron chi connectivity index (χ2n) is 3.99. The fraction of sp³-hybridized carbons (Fsp3) is 0.700. The van der Waals surface area contributed by atoms with E-state index >= 15 is 0 Å². The van der Waals surface area contributed by atoms with E-state index in [1.807, 2.05) is 0 Å². The van der Waals surface area contributed by atoms with Gasteiger partial charge in [-0.25, -0.2) is 0 Å². The first kappa shape index (κ1) is 13.6. The number of amides is 1. The molecule has 0 radical (unpaired) electrons. The third kappa shape index (κ3) is 3.25. The van der Waals surface area contributed by atoms with Crippen LogP contribution in [0.25, 0.3) is 0 Å². The Morgan fingerprint density at radius 1 is 1.62 bits per heavy atom. The summed E-state index contributed by atoms with van der Waals surface area (Å²) in [6, 6.07) is 0. The minimum absolute atomic E-state index is 0.0715. The lowest BCUT2D eigenvalue weighted by atomic mass is 9.95. The SMILES string of the molecule is CCC(C)(CCBr)NC(=O)c1snnc1C. The number of carbonyl (C=O) groups is 1. The number of hydrogen-bond donors (Lipinski definition) is 1. The van der Waals surface area contributed by atoms with E-state index in [0.717, 1.165) is 29.7 Å². The number of hydrogen-bond acceptors (Lipinski definition) is 4. The molecule has 6 heteroatoms. The highest BCUT2D eigenvalue weighted by Gasteiger charge is 2.25. The highest BCUT2D eigenvalue weighted by atomic mass is 79.9. The van der Waals surface area contributed by atoms with Gasteiger partial charge in [0.1, 0.15) is 4.88 Å². The van der Waals surface area contributed by atoms with E-state index < -0.39 is 0 Å². The van der Waals surface area contributed by atoms with Gasteiger partial charge in [-0.15, -0.1) is 5.10 Å². The van der Waals surface area contributed by atoms with Crippen LogP contribution in [0.4, 0.5) is 0 Å². The van der Waals surface area contributed by atoms with Gasteiger partial charge in [0.05, 0.1) is 5.69 Å². The van der Waals surface area contributed by atoms with Crippen LogP contribution < -0.4 is 5.32 Å². The highest BCUT2D eigenvalue weighted by Crippen LogP contribution is 2.18. The summed E-state index contributed by atoms with van der Waals surface area (Å²) in [5.41, 5.74) is 0.525. The Bertz CT molecular complexity index is 369. The average molecular weight is 306 g/mol. The van der Waals surface area contributed by atoms with Crippen molar-refractivity contribution in [2.75, 3.05) is 5.33 Å². The van der Waals surface area contributed by atoms with Gasteiger partial charge >= 0.3 is 0 Å². The lowest BCUT2D eigenvalue weighted by molar-refractivity contribution is 0.0905. The molecule has 1 atom stereocenters. The Kier molecular flexibility index (Phi) is 4.86. The van der Waals surface area contributed by atoms with Gasteiger partial charge in [-0.2, -0.15) is 0 Å². The van der Waals surface area contributed by atoms with E-state index in [9.17, 15) is 4.79 Å². The summed E-state index contributed by atoms with van der Waals surface area (Å²) < 4.78 is 3.77.